The van der Waals surface area contributed by atoms with Crippen LogP contribution in [0.4, 0.5) is 5.69 Å². The summed E-state index contributed by atoms with van der Waals surface area (Å²) in [6, 6.07) is 4.49. The standard InChI is InChI=1S/C12H16ClNO3S/c13-9-4-5-11(14)12(7-9)18(15,16)8-10-3-1-2-6-17-10/h4-5,7,10H,1-3,6,8,14H2. The van der Waals surface area contributed by atoms with Crippen LogP contribution < -0.4 is 5.73 Å². The first-order chi connectivity index (χ1) is 8.49. The zero-order valence-corrected chi connectivity index (χ0v) is 11.5. The number of rotatable bonds is 3. The number of benzene rings is 1. The minimum atomic E-state index is -3.45. The fourth-order valence-corrected chi connectivity index (χ4v) is 3.95. The molecule has 0 aliphatic carbocycles. The molecule has 1 heterocycles. The fourth-order valence-electron chi connectivity index (χ4n) is 2.05. The molecule has 0 amide bonds. The van der Waals surface area contributed by atoms with Gasteiger partial charge in [0, 0.05) is 11.6 Å². The van der Waals surface area contributed by atoms with E-state index < -0.39 is 9.84 Å². The third-order valence-electron chi connectivity index (χ3n) is 2.99. The molecule has 1 fully saturated rings. The van der Waals surface area contributed by atoms with Gasteiger partial charge in [0.2, 0.25) is 0 Å². The molecule has 100 valence electrons. The van der Waals surface area contributed by atoms with Gasteiger partial charge < -0.3 is 10.5 Å². The molecule has 2 rings (SSSR count). The Morgan fingerprint density at radius 2 is 2.17 bits per heavy atom. The maximum atomic E-state index is 12.3. The first-order valence-electron chi connectivity index (χ1n) is 5.88. The molecular weight excluding hydrogens is 274 g/mol. The van der Waals surface area contributed by atoms with Gasteiger partial charge in [0.15, 0.2) is 9.84 Å². The van der Waals surface area contributed by atoms with Gasteiger partial charge in [-0.05, 0) is 37.5 Å². The lowest BCUT2D eigenvalue weighted by atomic mass is 10.1. The van der Waals surface area contributed by atoms with Crippen LogP contribution >= 0.6 is 11.6 Å². The highest BCUT2D eigenvalue weighted by molar-refractivity contribution is 7.91. The quantitative estimate of drug-likeness (QED) is 0.867. The van der Waals surface area contributed by atoms with Crippen molar-refractivity contribution in [3.8, 4) is 0 Å². The van der Waals surface area contributed by atoms with E-state index in [0.29, 0.717) is 11.6 Å². The smallest absolute Gasteiger partial charge is 0.183 e. The van der Waals surface area contributed by atoms with E-state index in [2.05, 4.69) is 0 Å². The summed E-state index contributed by atoms with van der Waals surface area (Å²) in [7, 11) is -3.45. The van der Waals surface area contributed by atoms with Gasteiger partial charge >= 0.3 is 0 Å². The second-order valence-corrected chi connectivity index (χ2v) is 6.89. The molecule has 1 aliphatic heterocycles. The Kier molecular flexibility index (Phi) is 4.14. The Hall–Kier alpha value is -0.780. The largest absolute Gasteiger partial charge is 0.398 e. The SMILES string of the molecule is Nc1ccc(Cl)cc1S(=O)(=O)CC1CCCCO1. The Morgan fingerprint density at radius 3 is 2.83 bits per heavy atom. The summed E-state index contributed by atoms with van der Waals surface area (Å²) in [5.74, 6) is -0.0302. The van der Waals surface area contributed by atoms with E-state index in [-0.39, 0.29) is 22.4 Å². The lowest BCUT2D eigenvalue weighted by molar-refractivity contribution is 0.0305. The van der Waals surface area contributed by atoms with Crippen molar-refractivity contribution in [2.45, 2.75) is 30.3 Å². The first kappa shape index (κ1) is 13.6. The van der Waals surface area contributed by atoms with Crippen LogP contribution in [0.5, 0.6) is 0 Å². The van der Waals surface area contributed by atoms with Crippen molar-refractivity contribution in [1.29, 1.82) is 0 Å². The zero-order chi connectivity index (χ0) is 13.2. The van der Waals surface area contributed by atoms with Crippen molar-refractivity contribution in [2.24, 2.45) is 0 Å². The molecule has 4 nitrogen and oxygen atoms in total. The molecule has 1 aromatic rings. The minimum Gasteiger partial charge on any atom is -0.398 e. The molecule has 1 unspecified atom stereocenters. The van der Waals surface area contributed by atoms with Gasteiger partial charge in [0.25, 0.3) is 0 Å². The summed E-state index contributed by atoms with van der Waals surface area (Å²) in [6.45, 7) is 0.630. The molecular formula is C12H16ClNO3S. The average Bonchev–Trinajstić information content (AvgIpc) is 2.33. The van der Waals surface area contributed by atoms with Crippen molar-refractivity contribution in [1.82, 2.24) is 0 Å². The summed E-state index contributed by atoms with van der Waals surface area (Å²) in [5.41, 5.74) is 5.93. The van der Waals surface area contributed by atoms with Gasteiger partial charge in [0.05, 0.1) is 22.4 Å². The number of hydrogen-bond donors (Lipinski definition) is 1. The highest BCUT2D eigenvalue weighted by Gasteiger charge is 2.25. The van der Waals surface area contributed by atoms with Gasteiger partial charge in [-0.2, -0.15) is 0 Å². The van der Waals surface area contributed by atoms with Crippen LogP contribution in [-0.2, 0) is 14.6 Å². The normalized spacial score (nSPS) is 20.8. The van der Waals surface area contributed by atoms with Gasteiger partial charge in [-0.3, -0.25) is 0 Å². The monoisotopic (exact) mass is 289 g/mol. The summed E-state index contributed by atoms with van der Waals surface area (Å²) in [4.78, 5) is 0.101. The van der Waals surface area contributed by atoms with Gasteiger partial charge in [0.1, 0.15) is 0 Å². The van der Waals surface area contributed by atoms with E-state index in [9.17, 15) is 8.42 Å². The molecule has 0 spiro atoms. The highest BCUT2D eigenvalue weighted by Crippen LogP contribution is 2.26. The molecule has 0 aromatic heterocycles. The van der Waals surface area contributed by atoms with E-state index in [1.54, 1.807) is 6.07 Å². The van der Waals surface area contributed by atoms with E-state index in [4.69, 9.17) is 22.1 Å². The maximum absolute atomic E-state index is 12.3. The predicted octanol–water partition coefficient (Wildman–Crippen LogP) is 2.27. The van der Waals surface area contributed by atoms with Crippen LogP contribution in [0.15, 0.2) is 23.1 Å². The van der Waals surface area contributed by atoms with Crippen molar-refractivity contribution in [2.75, 3.05) is 18.1 Å². The molecule has 18 heavy (non-hydrogen) atoms. The molecule has 6 heteroatoms. The molecule has 1 aromatic carbocycles. The van der Waals surface area contributed by atoms with E-state index in [1.165, 1.54) is 12.1 Å². The molecule has 0 saturated carbocycles. The molecule has 2 N–H and O–H groups in total. The summed E-state index contributed by atoms with van der Waals surface area (Å²) in [5, 5.41) is 0.368. The number of halogens is 1. The number of hydrogen-bond acceptors (Lipinski definition) is 4. The predicted molar refractivity (Wildman–Crippen MR) is 71.5 cm³/mol. The number of ether oxygens (including phenoxy) is 1. The highest BCUT2D eigenvalue weighted by atomic mass is 35.5. The molecule has 0 radical (unpaired) electrons. The first-order valence-corrected chi connectivity index (χ1v) is 7.91. The van der Waals surface area contributed by atoms with Gasteiger partial charge in [-0.15, -0.1) is 0 Å². The zero-order valence-electron chi connectivity index (χ0n) is 9.93. The van der Waals surface area contributed by atoms with Crippen molar-refractivity contribution in [3.05, 3.63) is 23.2 Å². The maximum Gasteiger partial charge on any atom is 0.183 e. The Morgan fingerprint density at radius 1 is 1.39 bits per heavy atom. The molecule has 0 bridgehead atoms. The van der Waals surface area contributed by atoms with Crippen LogP contribution in [0.1, 0.15) is 19.3 Å². The van der Waals surface area contributed by atoms with Crippen molar-refractivity contribution in [3.63, 3.8) is 0 Å². The summed E-state index contributed by atoms with van der Waals surface area (Å²) in [6.07, 6.45) is 2.54. The van der Waals surface area contributed by atoms with Crippen LogP contribution in [0.3, 0.4) is 0 Å². The number of nitrogens with two attached hydrogens (primary N) is 1. The van der Waals surface area contributed by atoms with E-state index >= 15 is 0 Å². The van der Waals surface area contributed by atoms with Crippen molar-refractivity contribution < 1.29 is 13.2 Å². The molecule has 1 saturated heterocycles. The lowest BCUT2D eigenvalue weighted by Crippen LogP contribution is -2.28. The van der Waals surface area contributed by atoms with Crippen LogP contribution in [-0.4, -0.2) is 26.9 Å². The summed E-state index contributed by atoms with van der Waals surface area (Å²) >= 11 is 5.81. The molecule has 1 atom stereocenters. The van der Waals surface area contributed by atoms with E-state index in [0.717, 1.165) is 19.3 Å². The Labute approximate surface area is 112 Å². The summed E-state index contributed by atoms with van der Waals surface area (Å²) < 4.78 is 30.0. The second kappa shape index (κ2) is 5.47. The second-order valence-electron chi connectivity index (χ2n) is 4.45. The molecule has 1 aliphatic rings. The van der Waals surface area contributed by atoms with E-state index in [1.807, 2.05) is 0 Å². The third kappa shape index (κ3) is 3.16. The minimum absolute atomic E-state index is 0.0302. The van der Waals surface area contributed by atoms with Gasteiger partial charge in [-0.25, -0.2) is 8.42 Å². The van der Waals surface area contributed by atoms with Gasteiger partial charge in [-0.1, -0.05) is 11.6 Å². The Bertz CT molecular complexity index is 524. The van der Waals surface area contributed by atoms with Crippen LogP contribution in [0.2, 0.25) is 5.02 Å². The van der Waals surface area contributed by atoms with Crippen LogP contribution in [0.25, 0.3) is 0 Å². The average molecular weight is 290 g/mol. The number of anilines is 1. The fraction of sp³-hybridized carbons (Fsp3) is 0.500. The Balaban J connectivity index is 2.21. The third-order valence-corrected chi connectivity index (χ3v) is 5.06. The van der Waals surface area contributed by atoms with Crippen LogP contribution in [0, 0.1) is 0 Å². The topological polar surface area (TPSA) is 69.4 Å². The lowest BCUT2D eigenvalue weighted by Gasteiger charge is -2.22. The number of sulfone groups is 1. The number of nitrogen functional groups attached to an aromatic ring is 1. The van der Waals surface area contributed by atoms with Crippen molar-refractivity contribution >= 4 is 27.1 Å².